The maximum absolute atomic E-state index is 12.0. The fourth-order valence-corrected chi connectivity index (χ4v) is 4.59. The Morgan fingerprint density at radius 2 is 1.41 bits per heavy atom. The summed E-state index contributed by atoms with van der Waals surface area (Å²) in [6, 6.07) is 16.6. The summed E-state index contributed by atoms with van der Waals surface area (Å²) in [4.78, 5) is 23.1. The van der Waals surface area contributed by atoms with Crippen molar-refractivity contribution in [3.8, 4) is 11.1 Å². The van der Waals surface area contributed by atoms with Crippen molar-refractivity contribution in [3.63, 3.8) is 0 Å². The highest BCUT2D eigenvalue weighted by Crippen LogP contribution is 2.38. The van der Waals surface area contributed by atoms with E-state index in [0.717, 1.165) is 11.5 Å². The lowest BCUT2D eigenvalue weighted by atomic mass is 9.77. The van der Waals surface area contributed by atoms with Crippen LogP contribution < -0.4 is 0 Å². The molecule has 1 aliphatic rings. The van der Waals surface area contributed by atoms with Crippen LogP contribution in [0.5, 0.6) is 0 Å². The van der Waals surface area contributed by atoms with Crippen molar-refractivity contribution in [3.05, 3.63) is 59.7 Å². The van der Waals surface area contributed by atoms with E-state index in [2.05, 4.69) is 31.2 Å². The third-order valence-electron chi connectivity index (χ3n) is 6.39. The maximum Gasteiger partial charge on any atom is 0.170 e. The Hall–Kier alpha value is -2.22. The molecule has 0 N–H and O–H groups in total. The highest BCUT2D eigenvalue weighted by atomic mass is 16.1. The van der Waals surface area contributed by atoms with Crippen LogP contribution in [0, 0.1) is 5.92 Å². The quantitative estimate of drug-likeness (QED) is 0.254. The zero-order valence-electron chi connectivity index (χ0n) is 18.0. The van der Waals surface area contributed by atoms with Gasteiger partial charge >= 0.3 is 0 Å². The molecule has 2 aromatic rings. The molecule has 2 nitrogen and oxygen atoms in total. The minimum Gasteiger partial charge on any atom is -0.300 e. The first-order valence-corrected chi connectivity index (χ1v) is 11.3. The van der Waals surface area contributed by atoms with Crippen LogP contribution >= 0.6 is 0 Å². The number of benzene rings is 2. The van der Waals surface area contributed by atoms with E-state index >= 15 is 0 Å². The highest BCUT2D eigenvalue weighted by molar-refractivity contribution is 6.07. The summed E-state index contributed by atoms with van der Waals surface area (Å²) in [5.74, 6) is 1.45. The van der Waals surface area contributed by atoms with Gasteiger partial charge in [-0.1, -0.05) is 81.1 Å². The molecule has 0 aromatic heterocycles. The standard InChI is InChI=1S/C27H34O2/c1-3-4-5-6-21-7-9-22(10-8-21)23-11-13-24(14-12-23)25-15-17-26(18-16-25)27(29)19-20(2)28/h11-18,21-22H,3-10,19H2,1-2H3. The number of carbonyl (C=O) groups excluding carboxylic acids is 2. The fraction of sp³-hybridized carbons (Fsp3) is 0.481. The van der Waals surface area contributed by atoms with E-state index < -0.39 is 0 Å². The predicted octanol–water partition coefficient (Wildman–Crippen LogP) is 7.37. The van der Waals surface area contributed by atoms with Gasteiger partial charge in [0.25, 0.3) is 0 Å². The van der Waals surface area contributed by atoms with Gasteiger partial charge in [-0.15, -0.1) is 0 Å². The molecule has 0 aliphatic heterocycles. The summed E-state index contributed by atoms with van der Waals surface area (Å²) < 4.78 is 0. The molecule has 0 atom stereocenters. The van der Waals surface area contributed by atoms with Crippen LogP contribution in [0.15, 0.2) is 48.5 Å². The molecule has 0 radical (unpaired) electrons. The number of carbonyl (C=O) groups is 2. The molecule has 1 saturated carbocycles. The van der Waals surface area contributed by atoms with Crippen molar-refractivity contribution in [2.45, 2.75) is 77.6 Å². The molecule has 2 aromatic carbocycles. The number of hydrogen-bond acceptors (Lipinski definition) is 2. The second-order valence-corrected chi connectivity index (χ2v) is 8.71. The number of unbranched alkanes of at least 4 members (excludes halogenated alkanes) is 2. The average Bonchev–Trinajstić information content (AvgIpc) is 2.74. The van der Waals surface area contributed by atoms with Crippen molar-refractivity contribution >= 4 is 11.6 Å². The number of Topliss-reactive ketones (excluding diaryl/α,β-unsaturated/α-hetero) is 2. The second-order valence-electron chi connectivity index (χ2n) is 8.71. The largest absolute Gasteiger partial charge is 0.300 e. The summed E-state index contributed by atoms with van der Waals surface area (Å²) >= 11 is 0. The highest BCUT2D eigenvalue weighted by Gasteiger charge is 2.22. The lowest BCUT2D eigenvalue weighted by Crippen LogP contribution is -2.13. The summed E-state index contributed by atoms with van der Waals surface area (Å²) in [5.41, 5.74) is 4.36. The van der Waals surface area contributed by atoms with Crippen LogP contribution in [0.25, 0.3) is 11.1 Å². The minimum absolute atomic E-state index is 0.0190. The lowest BCUT2D eigenvalue weighted by molar-refractivity contribution is -0.116. The molecule has 0 spiro atoms. The third-order valence-corrected chi connectivity index (χ3v) is 6.39. The van der Waals surface area contributed by atoms with Gasteiger partial charge in [-0.25, -0.2) is 0 Å². The Morgan fingerprint density at radius 3 is 1.97 bits per heavy atom. The molecule has 0 amide bonds. The topological polar surface area (TPSA) is 34.1 Å². The fourth-order valence-electron chi connectivity index (χ4n) is 4.59. The molecule has 29 heavy (non-hydrogen) atoms. The number of rotatable bonds is 9. The van der Waals surface area contributed by atoms with Crippen LogP contribution in [-0.2, 0) is 4.79 Å². The molecule has 0 unspecified atom stereocenters. The first-order valence-electron chi connectivity index (χ1n) is 11.3. The summed E-state index contributed by atoms with van der Waals surface area (Å²) in [6.07, 6.45) is 10.9. The smallest absolute Gasteiger partial charge is 0.170 e. The second kappa shape index (κ2) is 10.5. The molecule has 3 rings (SSSR count). The van der Waals surface area contributed by atoms with E-state index in [0.29, 0.717) is 11.5 Å². The van der Waals surface area contributed by atoms with E-state index in [9.17, 15) is 9.59 Å². The van der Waals surface area contributed by atoms with Crippen molar-refractivity contribution in [2.24, 2.45) is 5.92 Å². The van der Waals surface area contributed by atoms with E-state index in [-0.39, 0.29) is 18.0 Å². The van der Waals surface area contributed by atoms with Crippen LogP contribution in [0.1, 0.15) is 93.5 Å². The third kappa shape index (κ3) is 6.13. The van der Waals surface area contributed by atoms with Crippen molar-refractivity contribution in [2.75, 3.05) is 0 Å². The summed E-state index contributed by atoms with van der Waals surface area (Å²) in [7, 11) is 0. The first-order chi connectivity index (χ1) is 14.1. The van der Waals surface area contributed by atoms with Crippen molar-refractivity contribution < 1.29 is 9.59 Å². The van der Waals surface area contributed by atoms with E-state index in [4.69, 9.17) is 0 Å². The lowest BCUT2D eigenvalue weighted by Gasteiger charge is -2.29. The van der Waals surface area contributed by atoms with Crippen molar-refractivity contribution in [1.29, 1.82) is 0 Å². The summed E-state index contributed by atoms with van der Waals surface area (Å²) in [6.45, 7) is 3.73. The zero-order chi connectivity index (χ0) is 20.6. The van der Waals surface area contributed by atoms with Gasteiger partial charge in [0.2, 0.25) is 0 Å². The van der Waals surface area contributed by atoms with Gasteiger partial charge in [-0.05, 0) is 61.1 Å². The van der Waals surface area contributed by atoms with E-state index in [1.54, 1.807) is 0 Å². The van der Waals surface area contributed by atoms with Gasteiger partial charge in [0.1, 0.15) is 5.78 Å². The zero-order valence-corrected chi connectivity index (χ0v) is 18.0. The van der Waals surface area contributed by atoms with Crippen LogP contribution in [0.2, 0.25) is 0 Å². The maximum atomic E-state index is 12.0. The predicted molar refractivity (Wildman–Crippen MR) is 120 cm³/mol. The first kappa shape index (κ1) is 21.5. The Labute approximate surface area is 175 Å². The molecule has 0 heterocycles. The van der Waals surface area contributed by atoms with Gasteiger partial charge in [-0.2, -0.15) is 0 Å². The van der Waals surface area contributed by atoms with Gasteiger partial charge in [0, 0.05) is 5.56 Å². The van der Waals surface area contributed by atoms with Crippen LogP contribution in [-0.4, -0.2) is 11.6 Å². The normalized spacial score (nSPS) is 19.1. The van der Waals surface area contributed by atoms with Gasteiger partial charge in [0.05, 0.1) is 6.42 Å². The molecule has 154 valence electrons. The SMILES string of the molecule is CCCCCC1CCC(c2ccc(-c3ccc(C(=O)CC(C)=O)cc3)cc2)CC1. The van der Waals surface area contributed by atoms with Gasteiger partial charge < -0.3 is 0 Å². The van der Waals surface area contributed by atoms with Gasteiger partial charge in [0.15, 0.2) is 5.78 Å². The monoisotopic (exact) mass is 390 g/mol. The minimum atomic E-state index is -0.107. The molecule has 2 heteroatoms. The van der Waals surface area contributed by atoms with E-state index in [1.165, 1.54) is 69.4 Å². The molecule has 0 bridgehead atoms. The van der Waals surface area contributed by atoms with E-state index in [1.807, 2.05) is 24.3 Å². The Morgan fingerprint density at radius 1 is 0.828 bits per heavy atom. The molecular formula is C27H34O2. The van der Waals surface area contributed by atoms with Crippen molar-refractivity contribution in [1.82, 2.24) is 0 Å². The summed E-state index contributed by atoms with van der Waals surface area (Å²) in [5, 5.41) is 0. The Kier molecular flexibility index (Phi) is 7.80. The molecule has 1 fully saturated rings. The van der Waals surface area contributed by atoms with Crippen LogP contribution in [0.4, 0.5) is 0 Å². The molecular weight excluding hydrogens is 356 g/mol. The Balaban J connectivity index is 1.56. The molecule has 1 aliphatic carbocycles. The number of hydrogen-bond donors (Lipinski definition) is 0. The van der Waals surface area contributed by atoms with Crippen LogP contribution in [0.3, 0.4) is 0 Å². The number of ketones is 2. The molecule has 0 saturated heterocycles. The van der Waals surface area contributed by atoms with Gasteiger partial charge in [-0.3, -0.25) is 9.59 Å². The average molecular weight is 391 g/mol. The Bertz CT molecular complexity index is 793.